The summed E-state index contributed by atoms with van der Waals surface area (Å²) in [6, 6.07) is 29.5. The lowest BCUT2D eigenvalue weighted by molar-refractivity contribution is -0.140. The largest absolute Gasteiger partial charge is 0.495 e. The minimum absolute atomic E-state index is 0.0284. The SMILES string of the molecule is COc1ccc(C)cc1N(CC(=O)N(Cc1ccc(Br)cc1)[C@@H](Cc1ccccc1)C(=O)NC1CCCCC1)S(=O)(=O)c1ccccc1. The second kappa shape index (κ2) is 16.3. The van der Waals surface area contributed by atoms with Crippen molar-refractivity contribution in [2.75, 3.05) is 18.0 Å². The molecule has 0 spiro atoms. The Morgan fingerprint density at radius 1 is 0.875 bits per heavy atom. The zero-order valence-electron chi connectivity index (χ0n) is 27.3. The van der Waals surface area contributed by atoms with Gasteiger partial charge in [0, 0.05) is 23.5 Å². The lowest BCUT2D eigenvalue weighted by atomic mass is 9.94. The number of aryl methyl sites for hydroxylation is 1. The van der Waals surface area contributed by atoms with Crippen LogP contribution in [0.15, 0.2) is 112 Å². The number of rotatable bonds is 13. The molecule has 0 radical (unpaired) electrons. The van der Waals surface area contributed by atoms with E-state index in [2.05, 4.69) is 21.2 Å². The Kier molecular flexibility index (Phi) is 11.9. The van der Waals surface area contributed by atoms with Crippen LogP contribution in [0.3, 0.4) is 0 Å². The fourth-order valence-electron chi connectivity index (χ4n) is 6.11. The predicted molar refractivity (Wildman–Crippen MR) is 192 cm³/mol. The van der Waals surface area contributed by atoms with Gasteiger partial charge in [-0.05, 0) is 72.9 Å². The Labute approximate surface area is 292 Å². The van der Waals surface area contributed by atoms with Gasteiger partial charge in [0.25, 0.3) is 10.0 Å². The second-order valence-electron chi connectivity index (χ2n) is 12.2. The highest BCUT2D eigenvalue weighted by Crippen LogP contribution is 2.34. The van der Waals surface area contributed by atoms with Gasteiger partial charge in [0.1, 0.15) is 18.3 Å². The summed E-state index contributed by atoms with van der Waals surface area (Å²) >= 11 is 3.48. The van der Waals surface area contributed by atoms with E-state index in [9.17, 15) is 18.0 Å². The molecule has 10 heteroatoms. The third-order valence-electron chi connectivity index (χ3n) is 8.70. The number of methoxy groups -OCH3 is 1. The number of hydrogen-bond donors (Lipinski definition) is 1. The highest BCUT2D eigenvalue weighted by Gasteiger charge is 2.36. The number of anilines is 1. The number of nitrogens with zero attached hydrogens (tertiary/aromatic N) is 2. The molecule has 1 atom stereocenters. The van der Waals surface area contributed by atoms with Gasteiger partial charge in [-0.3, -0.25) is 13.9 Å². The number of benzene rings is 4. The number of ether oxygens (including phenoxy) is 1. The first-order valence-electron chi connectivity index (χ1n) is 16.3. The molecule has 2 amide bonds. The summed E-state index contributed by atoms with van der Waals surface area (Å²) in [5.74, 6) is -0.453. The number of sulfonamides is 1. The van der Waals surface area contributed by atoms with Gasteiger partial charge in [-0.1, -0.05) is 102 Å². The van der Waals surface area contributed by atoms with Crippen LogP contribution in [-0.4, -0.2) is 50.9 Å². The van der Waals surface area contributed by atoms with E-state index >= 15 is 0 Å². The molecule has 1 N–H and O–H groups in total. The summed E-state index contributed by atoms with van der Waals surface area (Å²) in [4.78, 5) is 30.6. The summed E-state index contributed by atoms with van der Waals surface area (Å²) in [5, 5.41) is 3.24. The molecule has 4 aromatic rings. The number of carbonyl (C=O) groups is 2. The molecule has 48 heavy (non-hydrogen) atoms. The third kappa shape index (κ3) is 8.85. The van der Waals surface area contributed by atoms with Crippen LogP contribution < -0.4 is 14.4 Å². The molecule has 5 rings (SSSR count). The smallest absolute Gasteiger partial charge is 0.264 e. The van der Waals surface area contributed by atoms with Crippen molar-refractivity contribution in [3.8, 4) is 5.75 Å². The summed E-state index contributed by atoms with van der Waals surface area (Å²) in [5.41, 5.74) is 2.74. The highest BCUT2D eigenvalue weighted by molar-refractivity contribution is 9.10. The first kappa shape index (κ1) is 35.2. The van der Waals surface area contributed by atoms with Crippen LogP contribution in [-0.2, 0) is 32.6 Å². The summed E-state index contributed by atoms with van der Waals surface area (Å²) < 4.78 is 36.3. The van der Waals surface area contributed by atoms with Gasteiger partial charge in [0.15, 0.2) is 0 Å². The first-order chi connectivity index (χ1) is 23.2. The van der Waals surface area contributed by atoms with E-state index in [1.165, 1.54) is 24.1 Å². The molecule has 4 aromatic carbocycles. The molecule has 0 heterocycles. The van der Waals surface area contributed by atoms with Crippen molar-refractivity contribution in [1.82, 2.24) is 10.2 Å². The maximum atomic E-state index is 14.8. The standard InChI is InChI=1S/C38H42BrN3O5S/c1-28-18-23-36(47-2)34(24-28)42(48(45,46)33-16-10-5-11-17-33)27-37(43)41(26-30-19-21-31(39)22-20-30)35(25-29-12-6-3-7-13-29)38(44)40-32-14-8-4-9-15-32/h3,5-7,10-13,16-24,32,35H,4,8-9,14-15,25-27H2,1-2H3,(H,40,44)/t35-/m0/s1. The van der Waals surface area contributed by atoms with Gasteiger partial charge >= 0.3 is 0 Å². The van der Waals surface area contributed by atoms with Crippen molar-refractivity contribution in [1.29, 1.82) is 0 Å². The van der Waals surface area contributed by atoms with E-state index in [1.807, 2.05) is 67.6 Å². The fraction of sp³-hybridized carbons (Fsp3) is 0.316. The Morgan fingerprint density at radius 3 is 2.17 bits per heavy atom. The molecule has 0 aromatic heterocycles. The number of halogens is 1. The first-order valence-corrected chi connectivity index (χ1v) is 18.5. The van der Waals surface area contributed by atoms with Gasteiger partial charge in [-0.25, -0.2) is 8.42 Å². The maximum Gasteiger partial charge on any atom is 0.264 e. The second-order valence-corrected chi connectivity index (χ2v) is 15.0. The number of nitrogens with one attached hydrogen (secondary N) is 1. The van der Waals surface area contributed by atoms with Gasteiger partial charge in [-0.15, -0.1) is 0 Å². The van der Waals surface area contributed by atoms with Crippen molar-refractivity contribution in [3.05, 3.63) is 124 Å². The topological polar surface area (TPSA) is 96.0 Å². The predicted octanol–water partition coefficient (Wildman–Crippen LogP) is 7.05. The molecule has 252 valence electrons. The minimum atomic E-state index is -4.24. The lowest BCUT2D eigenvalue weighted by Gasteiger charge is -2.35. The Bertz CT molecular complexity index is 1780. The van der Waals surface area contributed by atoms with Gasteiger partial charge < -0.3 is 15.0 Å². The third-order valence-corrected chi connectivity index (χ3v) is 11.0. The summed E-state index contributed by atoms with van der Waals surface area (Å²) in [6.07, 6.45) is 5.27. The Morgan fingerprint density at radius 2 is 1.52 bits per heavy atom. The van der Waals surface area contributed by atoms with Crippen molar-refractivity contribution in [2.24, 2.45) is 0 Å². The minimum Gasteiger partial charge on any atom is -0.495 e. The van der Waals surface area contributed by atoms with Gasteiger partial charge in [0.2, 0.25) is 11.8 Å². The molecular weight excluding hydrogens is 690 g/mol. The average molecular weight is 733 g/mol. The number of hydrogen-bond acceptors (Lipinski definition) is 5. The fourth-order valence-corrected chi connectivity index (χ4v) is 7.81. The van der Waals surface area contributed by atoms with Crippen LogP contribution in [0, 0.1) is 6.92 Å². The van der Waals surface area contributed by atoms with E-state index in [-0.39, 0.29) is 35.5 Å². The molecule has 8 nitrogen and oxygen atoms in total. The van der Waals surface area contributed by atoms with E-state index in [1.54, 1.807) is 30.3 Å². The van der Waals surface area contributed by atoms with Crippen molar-refractivity contribution >= 4 is 43.5 Å². The zero-order valence-corrected chi connectivity index (χ0v) is 29.8. The Balaban J connectivity index is 1.59. The van der Waals surface area contributed by atoms with E-state index in [4.69, 9.17) is 4.74 Å². The molecule has 1 saturated carbocycles. The van der Waals surface area contributed by atoms with Crippen molar-refractivity contribution < 1.29 is 22.7 Å². The molecule has 1 aliphatic carbocycles. The monoisotopic (exact) mass is 731 g/mol. The van der Waals surface area contributed by atoms with Crippen LogP contribution in [0.2, 0.25) is 0 Å². The zero-order chi connectivity index (χ0) is 34.1. The molecule has 0 bridgehead atoms. The van der Waals surface area contributed by atoms with E-state index in [0.717, 1.165) is 57.6 Å². The number of amides is 2. The molecule has 0 unspecified atom stereocenters. The van der Waals surface area contributed by atoms with E-state index in [0.29, 0.717) is 5.75 Å². The van der Waals surface area contributed by atoms with Crippen molar-refractivity contribution in [2.45, 2.75) is 69.0 Å². The molecule has 0 aliphatic heterocycles. The molecule has 1 aliphatic rings. The van der Waals surface area contributed by atoms with E-state index < -0.39 is 28.5 Å². The highest BCUT2D eigenvalue weighted by atomic mass is 79.9. The van der Waals surface area contributed by atoms with Crippen molar-refractivity contribution in [3.63, 3.8) is 0 Å². The molecule has 0 saturated heterocycles. The van der Waals surface area contributed by atoms with Gasteiger partial charge in [0.05, 0.1) is 17.7 Å². The summed E-state index contributed by atoms with van der Waals surface area (Å²) in [7, 11) is -2.77. The summed E-state index contributed by atoms with van der Waals surface area (Å²) in [6.45, 7) is 1.41. The number of carbonyl (C=O) groups excluding carboxylic acids is 2. The normalized spacial score (nSPS) is 14.1. The van der Waals surface area contributed by atoms with Crippen LogP contribution in [0.1, 0.15) is 48.8 Å². The average Bonchev–Trinajstić information content (AvgIpc) is 3.10. The quantitative estimate of drug-likeness (QED) is 0.159. The molecular formula is C38H42BrN3O5S. The maximum absolute atomic E-state index is 14.8. The van der Waals surface area contributed by atoms with Crippen LogP contribution in [0.25, 0.3) is 0 Å². The van der Waals surface area contributed by atoms with Crippen LogP contribution in [0.4, 0.5) is 5.69 Å². The Hall–Kier alpha value is -4.15. The van der Waals surface area contributed by atoms with Gasteiger partial charge in [-0.2, -0.15) is 0 Å². The molecule has 1 fully saturated rings. The lowest BCUT2D eigenvalue weighted by Crippen LogP contribution is -2.55. The van der Waals surface area contributed by atoms with Crippen LogP contribution >= 0.6 is 15.9 Å². The van der Waals surface area contributed by atoms with Crippen LogP contribution in [0.5, 0.6) is 5.75 Å².